The Kier molecular flexibility index (Phi) is 5.24. The van der Waals surface area contributed by atoms with Crippen LogP contribution in [0.5, 0.6) is 5.75 Å². The fraction of sp³-hybridized carbons (Fsp3) is 0.125. The number of rotatable bonds is 4. The van der Waals surface area contributed by atoms with Gasteiger partial charge < -0.3 is 15.4 Å². The fourth-order valence-corrected chi connectivity index (χ4v) is 1.81. The van der Waals surface area contributed by atoms with Crippen LogP contribution in [0.1, 0.15) is 5.56 Å². The van der Waals surface area contributed by atoms with Gasteiger partial charge in [-0.15, -0.1) is 0 Å². The second-order valence-corrected chi connectivity index (χ2v) is 4.61. The topological polar surface area (TPSA) is 67.4 Å². The van der Waals surface area contributed by atoms with Gasteiger partial charge in [0, 0.05) is 12.6 Å². The van der Waals surface area contributed by atoms with Crippen LogP contribution in [0.15, 0.2) is 42.5 Å². The molecule has 0 saturated carbocycles. The maximum Gasteiger partial charge on any atom is 0.313 e. The van der Waals surface area contributed by atoms with Crippen molar-refractivity contribution in [2.45, 2.75) is 6.54 Å². The number of amides is 2. The van der Waals surface area contributed by atoms with Gasteiger partial charge in [0.25, 0.3) is 0 Å². The molecule has 0 unspecified atom stereocenters. The van der Waals surface area contributed by atoms with Crippen molar-refractivity contribution >= 4 is 17.5 Å². The molecule has 0 aliphatic carbocycles. The van der Waals surface area contributed by atoms with Crippen LogP contribution in [-0.2, 0) is 16.1 Å². The van der Waals surface area contributed by atoms with Gasteiger partial charge in [-0.1, -0.05) is 12.1 Å². The molecule has 23 heavy (non-hydrogen) atoms. The lowest BCUT2D eigenvalue weighted by molar-refractivity contribution is -0.136. The van der Waals surface area contributed by atoms with E-state index in [2.05, 4.69) is 10.6 Å². The van der Waals surface area contributed by atoms with Gasteiger partial charge in [-0.05, 0) is 29.8 Å². The van der Waals surface area contributed by atoms with Gasteiger partial charge in [-0.3, -0.25) is 9.59 Å². The van der Waals surface area contributed by atoms with E-state index in [9.17, 15) is 18.4 Å². The molecule has 0 radical (unpaired) electrons. The summed E-state index contributed by atoms with van der Waals surface area (Å²) in [6, 6.07) is 9.58. The van der Waals surface area contributed by atoms with E-state index >= 15 is 0 Å². The van der Waals surface area contributed by atoms with Crippen LogP contribution in [0, 0.1) is 11.6 Å². The predicted octanol–water partition coefficient (Wildman–Crippen LogP) is 2.23. The van der Waals surface area contributed by atoms with Gasteiger partial charge in [0.1, 0.15) is 17.4 Å². The highest BCUT2D eigenvalue weighted by atomic mass is 19.1. The Balaban J connectivity index is 1.93. The second-order valence-electron chi connectivity index (χ2n) is 4.61. The molecule has 2 amide bonds. The zero-order chi connectivity index (χ0) is 16.8. The zero-order valence-electron chi connectivity index (χ0n) is 12.2. The van der Waals surface area contributed by atoms with Gasteiger partial charge >= 0.3 is 11.8 Å². The molecule has 2 aromatic rings. The first kappa shape index (κ1) is 16.4. The largest absolute Gasteiger partial charge is 0.497 e. The molecule has 0 heterocycles. The Bertz CT molecular complexity index is 735. The molecule has 0 saturated heterocycles. The van der Waals surface area contributed by atoms with Crippen LogP contribution in [0.2, 0.25) is 0 Å². The standard InChI is InChI=1S/C16H14F2N2O3/c1-23-12-4-2-3-10(7-12)9-19-15(21)16(22)20-14-6-5-11(17)8-13(14)18/h2-8H,9H2,1H3,(H,19,21)(H,20,22). The average molecular weight is 320 g/mol. The van der Waals surface area contributed by atoms with Crippen molar-refractivity contribution in [3.8, 4) is 5.75 Å². The molecule has 0 spiro atoms. The van der Waals surface area contributed by atoms with E-state index in [-0.39, 0.29) is 12.2 Å². The third-order valence-electron chi connectivity index (χ3n) is 2.97. The van der Waals surface area contributed by atoms with Crippen LogP contribution >= 0.6 is 0 Å². The number of hydrogen-bond donors (Lipinski definition) is 2. The van der Waals surface area contributed by atoms with Crippen molar-refractivity contribution in [3.05, 3.63) is 59.7 Å². The first-order valence-corrected chi connectivity index (χ1v) is 6.67. The van der Waals surface area contributed by atoms with Crippen molar-refractivity contribution in [3.63, 3.8) is 0 Å². The molecule has 0 aromatic heterocycles. The Morgan fingerprint density at radius 1 is 1.09 bits per heavy atom. The molecule has 120 valence electrons. The third-order valence-corrected chi connectivity index (χ3v) is 2.97. The number of carbonyl (C=O) groups is 2. The van der Waals surface area contributed by atoms with Crippen LogP contribution in [0.3, 0.4) is 0 Å². The van der Waals surface area contributed by atoms with Crippen molar-refractivity contribution in [2.75, 3.05) is 12.4 Å². The number of benzene rings is 2. The van der Waals surface area contributed by atoms with E-state index in [0.29, 0.717) is 11.8 Å². The summed E-state index contributed by atoms with van der Waals surface area (Å²) in [6.45, 7) is 0.107. The quantitative estimate of drug-likeness (QED) is 0.849. The van der Waals surface area contributed by atoms with Crippen LogP contribution in [0.4, 0.5) is 14.5 Å². The number of halogens is 2. The predicted molar refractivity (Wildman–Crippen MR) is 79.8 cm³/mol. The summed E-state index contributed by atoms with van der Waals surface area (Å²) >= 11 is 0. The highest BCUT2D eigenvalue weighted by molar-refractivity contribution is 6.39. The fourth-order valence-electron chi connectivity index (χ4n) is 1.81. The van der Waals surface area contributed by atoms with Crippen molar-refractivity contribution in [2.24, 2.45) is 0 Å². The van der Waals surface area contributed by atoms with E-state index in [1.807, 2.05) is 0 Å². The Morgan fingerprint density at radius 3 is 2.57 bits per heavy atom. The molecule has 0 aliphatic rings. The molecular formula is C16H14F2N2O3. The maximum absolute atomic E-state index is 13.4. The molecular weight excluding hydrogens is 306 g/mol. The number of ether oxygens (including phenoxy) is 1. The minimum atomic E-state index is -1.04. The monoisotopic (exact) mass is 320 g/mol. The summed E-state index contributed by atoms with van der Waals surface area (Å²) in [6.07, 6.45) is 0. The summed E-state index contributed by atoms with van der Waals surface area (Å²) in [7, 11) is 1.52. The summed E-state index contributed by atoms with van der Waals surface area (Å²) in [5.74, 6) is -3.09. The molecule has 7 heteroatoms. The molecule has 2 aromatic carbocycles. The van der Waals surface area contributed by atoms with E-state index in [0.717, 1.165) is 17.7 Å². The van der Waals surface area contributed by atoms with E-state index in [1.165, 1.54) is 7.11 Å². The van der Waals surface area contributed by atoms with Crippen LogP contribution in [0.25, 0.3) is 0 Å². The Labute approximate surface area is 131 Å². The molecule has 0 aliphatic heterocycles. The summed E-state index contributed by atoms with van der Waals surface area (Å²) < 4.78 is 31.2. The lowest BCUT2D eigenvalue weighted by atomic mass is 10.2. The smallest absolute Gasteiger partial charge is 0.313 e. The van der Waals surface area contributed by atoms with Crippen LogP contribution < -0.4 is 15.4 Å². The van der Waals surface area contributed by atoms with Gasteiger partial charge in [0.2, 0.25) is 0 Å². The summed E-state index contributed by atoms with van der Waals surface area (Å²) in [4.78, 5) is 23.4. The van der Waals surface area contributed by atoms with E-state index in [1.54, 1.807) is 24.3 Å². The van der Waals surface area contributed by atoms with Gasteiger partial charge in [-0.2, -0.15) is 0 Å². The van der Waals surface area contributed by atoms with Crippen molar-refractivity contribution in [1.29, 1.82) is 0 Å². The number of hydrogen-bond acceptors (Lipinski definition) is 3. The molecule has 2 N–H and O–H groups in total. The molecule has 0 atom stereocenters. The lowest BCUT2D eigenvalue weighted by Crippen LogP contribution is -2.35. The molecule has 5 nitrogen and oxygen atoms in total. The minimum Gasteiger partial charge on any atom is -0.497 e. The first-order chi connectivity index (χ1) is 11.0. The number of nitrogens with one attached hydrogen (secondary N) is 2. The minimum absolute atomic E-state index is 0.107. The van der Waals surface area contributed by atoms with Crippen LogP contribution in [-0.4, -0.2) is 18.9 Å². The highest BCUT2D eigenvalue weighted by Crippen LogP contribution is 2.15. The van der Waals surface area contributed by atoms with Gasteiger partial charge in [0.05, 0.1) is 12.8 Å². The normalized spacial score (nSPS) is 10.0. The average Bonchev–Trinajstić information content (AvgIpc) is 2.55. The van der Waals surface area contributed by atoms with Gasteiger partial charge in [0.15, 0.2) is 0 Å². The highest BCUT2D eigenvalue weighted by Gasteiger charge is 2.15. The van der Waals surface area contributed by atoms with Crippen molar-refractivity contribution < 1.29 is 23.1 Å². The van der Waals surface area contributed by atoms with Crippen molar-refractivity contribution in [1.82, 2.24) is 5.32 Å². The van der Waals surface area contributed by atoms with Gasteiger partial charge in [-0.25, -0.2) is 8.78 Å². The maximum atomic E-state index is 13.4. The third kappa shape index (κ3) is 4.50. The van der Waals surface area contributed by atoms with E-state index < -0.39 is 23.4 Å². The molecule has 0 fully saturated rings. The second kappa shape index (κ2) is 7.35. The zero-order valence-corrected chi connectivity index (χ0v) is 12.2. The Hall–Kier alpha value is -2.96. The Morgan fingerprint density at radius 2 is 1.87 bits per heavy atom. The summed E-state index contributed by atoms with van der Waals surface area (Å²) in [5, 5.41) is 4.48. The SMILES string of the molecule is COc1cccc(CNC(=O)C(=O)Nc2ccc(F)cc2F)c1. The molecule has 2 rings (SSSR count). The number of anilines is 1. The lowest BCUT2D eigenvalue weighted by Gasteiger charge is -2.08. The van der Waals surface area contributed by atoms with E-state index in [4.69, 9.17) is 4.74 Å². The summed E-state index contributed by atoms with van der Waals surface area (Å²) in [5.41, 5.74) is 0.464. The number of carbonyl (C=O) groups excluding carboxylic acids is 2. The number of methoxy groups -OCH3 is 1. The first-order valence-electron chi connectivity index (χ1n) is 6.67. The molecule has 0 bridgehead atoms.